The molecule has 3 heteroatoms. The second-order valence-electron chi connectivity index (χ2n) is 6.15. The van der Waals surface area contributed by atoms with Crippen LogP contribution in [0.2, 0.25) is 0 Å². The fourth-order valence-electron chi connectivity index (χ4n) is 2.90. The number of fused-ring (bicyclic) bond motifs is 1. The Hall–Kier alpha value is -2.29. The fourth-order valence-corrected chi connectivity index (χ4v) is 2.90. The largest absolute Gasteiger partial charge is 0.545 e. The number of benzene rings is 1. The number of allylic oxidation sites excluding steroid dienone is 5. The monoisotopic (exact) mass is 310 g/mol. The van der Waals surface area contributed by atoms with Gasteiger partial charge in [-0.05, 0) is 68.5 Å². The van der Waals surface area contributed by atoms with Gasteiger partial charge in [0, 0.05) is 18.3 Å². The van der Waals surface area contributed by atoms with Crippen LogP contribution >= 0.6 is 0 Å². The van der Waals surface area contributed by atoms with Gasteiger partial charge in [-0.3, -0.25) is 0 Å². The molecule has 1 aromatic rings. The molecule has 0 N–H and O–H groups in total. The zero-order chi connectivity index (χ0) is 16.8. The lowest BCUT2D eigenvalue weighted by molar-refractivity contribution is -0.297. The van der Waals surface area contributed by atoms with Crippen LogP contribution < -0.4 is 10.0 Å². The van der Waals surface area contributed by atoms with Crippen molar-refractivity contribution >= 4 is 17.2 Å². The number of aryl methyl sites for hydroxylation is 1. The molecule has 0 spiro atoms. The first kappa shape index (κ1) is 17.1. The number of anilines is 1. The predicted molar refractivity (Wildman–Crippen MR) is 94.2 cm³/mol. The Morgan fingerprint density at radius 3 is 2.74 bits per heavy atom. The van der Waals surface area contributed by atoms with Crippen LogP contribution in [0, 0.1) is 0 Å². The molecule has 1 aliphatic rings. The number of carboxylic acid groups (broad SMARTS) is 1. The highest BCUT2D eigenvalue weighted by Crippen LogP contribution is 2.31. The second-order valence-corrected chi connectivity index (χ2v) is 6.15. The lowest BCUT2D eigenvalue weighted by Gasteiger charge is -2.35. The highest BCUT2D eigenvalue weighted by atomic mass is 16.4. The van der Waals surface area contributed by atoms with E-state index < -0.39 is 5.97 Å². The summed E-state index contributed by atoms with van der Waals surface area (Å²) in [5.41, 5.74) is 5.14. The SMILES string of the molecule is C\C(=C/C=C/C=C/C(=O)[O-])c1ccc2c(c1)CCCN2C(C)C. The minimum absolute atomic E-state index is 0.523. The average molecular weight is 310 g/mol. The summed E-state index contributed by atoms with van der Waals surface area (Å²) in [5, 5.41) is 10.3. The van der Waals surface area contributed by atoms with Crippen molar-refractivity contribution in [3.05, 3.63) is 59.7 Å². The molecule has 1 aromatic carbocycles. The van der Waals surface area contributed by atoms with Crippen LogP contribution in [-0.4, -0.2) is 18.6 Å². The minimum Gasteiger partial charge on any atom is -0.545 e. The number of carbonyl (C=O) groups excluding carboxylic acids is 1. The molecule has 23 heavy (non-hydrogen) atoms. The Balaban J connectivity index is 2.16. The van der Waals surface area contributed by atoms with Gasteiger partial charge in [-0.15, -0.1) is 0 Å². The maximum absolute atomic E-state index is 10.3. The highest BCUT2D eigenvalue weighted by molar-refractivity contribution is 5.78. The van der Waals surface area contributed by atoms with Gasteiger partial charge in [-0.1, -0.05) is 30.4 Å². The van der Waals surface area contributed by atoms with E-state index in [9.17, 15) is 9.90 Å². The van der Waals surface area contributed by atoms with Crippen molar-refractivity contribution in [2.24, 2.45) is 0 Å². The summed E-state index contributed by atoms with van der Waals surface area (Å²) < 4.78 is 0. The molecule has 1 heterocycles. The van der Waals surface area contributed by atoms with Gasteiger partial charge in [0.05, 0.1) is 5.97 Å². The molecule has 0 radical (unpaired) electrons. The van der Waals surface area contributed by atoms with E-state index >= 15 is 0 Å². The van der Waals surface area contributed by atoms with E-state index in [1.165, 1.54) is 29.3 Å². The van der Waals surface area contributed by atoms with Crippen molar-refractivity contribution in [1.29, 1.82) is 0 Å². The van der Waals surface area contributed by atoms with E-state index in [0.717, 1.165) is 24.6 Å². The summed E-state index contributed by atoms with van der Waals surface area (Å²) in [5.74, 6) is -1.18. The molecular weight excluding hydrogens is 286 g/mol. The van der Waals surface area contributed by atoms with Crippen molar-refractivity contribution in [3.8, 4) is 0 Å². The summed E-state index contributed by atoms with van der Waals surface area (Å²) in [7, 11) is 0. The van der Waals surface area contributed by atoms with E-state index in [-0.39, 0.29) is 0 Å². The molecule has 0 fully saturated rings. The zero-order valence-corrected chi connectivity index (χ0v) is 14.1. The predicted octanol–water partition coefficient (Wildman–Crippen LogP) is 3.11. The lowest BCUT2D eigenvalue weighted by atomic mass is 9.95. The molecule has 122 valence electrons. The number of carboxylic acids is 1. The van der Waals surface area contributed by atoms with E-state index in [0.29, 0.717) is 6.04 Å². The van der Waals surface area contributed by atoms with Crippen LogP contribution in [0.1, 0.15) is 38.3 Å². The van der Waals surface area contributed by atoms with Gasteiger partial charge in [-0.25, -0.2) is 0 Å². The summed E-state index contributed by atoms with van der Waals surface area (Å²) in [4.78, 5) is 12.7. The second kappa shape index (κ2) is 7.82. The quantitative estimate of drug-likeness (QED) is 0.620. The summed E-state index contributed by atoms with van der Waals surface area (Å²) in [6.07, 6.45) is 10.3. The van der Waals surface area contributed by atoms with Crippen LogP contribution in [-0.2, 0) is 11.2 Å². The average Bonchev–Trinajstić information content (AvgIpc) is 2.52. The molecule has 0 saturated heterocycles. The van der Waals surface area contributed by atoms with Gasteiger partial charge in [0.1, 0.15) is 0 Å². The third kappa shape index (κ3) is 4.59. The summed E-state index contributed by atoms with van der Waals surface area (Å²) >= 11 is 0. The Bertz CT molecular complexity index is 654. The molecule has 2 rings (SSSR count). The van der Waals surface area contributed by atoms with E-state index in [2.05, 4.69) is 43.9 Å². The molecule has 0 aromatic heterocycles. The van der Waals surface area contributed by atoms with Crippen LogP contribution in [0.5, 0.6) is 0 Å². The number of rotatable bonds is 5. The first-order valence-corrected chi connectivity index (χ1v) is 8.11. The normalized spacial score (nSPS) is 15.7. The van der Waals surface area contributed by atoms with Crippen molar-refractivity contribution < 1.29 is 9.90 Å². The number of hydrogen-bond donors (Lipinski definition) is 0. The maximum Gasteiger partial charge on any atom is 0.0642 e. The summed E-state index contributed by atoms with van der Waals surface area (Å²) in [6.45, 7) is 7.67. The summed E-state index contributed by atoms with van der Waals surface area (Å²) in [6, 6.07) is 7.19. The topological polar surface area (TPSA) is 43.4 Å². The van der Waals surface area contributed by atoms with Crippen LogP contribution in [0.25, 0.3) is 5.57 Å². The number of hydrogen-bond acceptors (Lipinski definition) is 3. The molecular formula is C20H24NO2-. The molecule has 0 unspecified atom stereocenters. The first-order valence-electron chi connectivity index (χ1n) is 8.11. The number of aliphatic carboxylic acids is 1. The van der Waals surface area contributed by atoms with Gasteiger partial charge in [-0.2, -0.15) is 0 Å². The molecule has 0 saturated carbocycles. The van der Waals surface area contributed by atoms with Gasteiger partial charge >= 0.3 is 0 Å². The Kier molecular flexibility index (Phi) is 5.80. The third-order valence-electron chi connectivity index (χ3n) is 4.11. The van der Waals surface area contributed by atoms with Gasteiger partial charge in [0.2, 0.25) is 0 Å². The Morgan fingerprint density at radius 2 is 2.04 bits per heavy atom. The number of carbonyl (C=O) groups is 1. The Labute approximate surface area is 138 Å². The molecule has 0 amide bonds. The maximum atomic E-state index is 10.3. The molecule has 3 nitrogen and oxygen atoms in total. The molecule has 0 aliphatic carbocycles. The Morgan fingerprint density at radius 1 is 1.26 bits per heavy atom. The van der Waals surface area contributed by atoms with Crippen LogP contribution in [0.4, 0.5) is 5.69 Å². The lowest BCUT2D eigenvalue weighted by Crippen LogP contribution is -2.35. The van der Waals surface area contributed by atoms with Crippen molar-refractivity contribution in [2.75, 3.05) is 11.4 Å². The first-order chi connectivity index (χ1) is 11.0. The van der Waals surface area contributed by atoms with E-state index in [1.807, 2.05) is 12.2 Å². The third-order valence-corrected chi connectivity index (χ3v) is 4.11. The van der Waals surface area contributed by atoms with Crippen molar-refractivity contribution in [1.82, 2.24) is 0 Å². The molecule has 1 aliphatic heterocycles. The van der Waals surface area contributed by atoms with Gasteiger partial charge in [0.15, 0.2) is 0 Å². The van der Waals surface area contributed by atoms with Crippen LogP contribution in [0.3, 0.4) is 0 Å². The fraction of sp³-hybridized carbons (Fsp3) is 0.350. The minimum atomic E-state index is -1.18. The van der Waals surface area contributed by atoms with Crippen molar-refractivity contribution in [3.63, 3.8) is 0 Å². The zero-order valence-electron chi connectivity index (χ0n) is 14.1. The molecule has 0 bridgehead atoms. The van der Waals surface area contributed by atoms with Gasteiger partial charge < -0.3 is 14.8 Å². The highest BCUT2D eigenvalue weighted by Gasteiger charge is 2.19. The molecule has 0 atom stereocenters. The van der Waals surface area contributed by atoms with E-state index in [4.69, 9.17) is 0 Å². The van der Waals surface area contributed by atoms with Gasteiger partial charge in [0.25, 0.3) is 0 Å². The van der Waals surface area contributed by atoms with Crippen molar-refractivity contribution in [2.45, 2.75) is 39.7 Å². The van der Waals surface area contributed by atoms with E-state index in [1.54, 1.807) is 6.08 Å². The van der Waals surface area contributed by atoms with Crippen LogP contribution in [0.15, 0.2) is 48.6 Å². The standard InChI is InChI=1S/C20H25NO2/c1-15(2)21-13-7-9-18-14-17(11-12-19(18)21)16(3)8-5-4-6-10-20(22)23/h4-6,8,10-12,14-15H,7,9,13H2,1-3H3,(H,22,23)/p-1/b5-4+,10-6+,16-8+. The number of nitrogens with zero attached hydrogens (tertiary/aromatic N) is 1. The smallest absolute Gasteiger partial charge is 0.0642 e.